The summed E-state index contributed by atoms with van der Waals surface area (Å²) in [5.41, 5.74) is 3.24. The van der Waals surface area contributed by atoms with Crippen molar-refractivity contribution in [3.63, 3.8) is 0 Å². The van der Waals surface area contributed by atoms with Crippen LogP contribution >= 0.6 is 0 Å². The third-order valence-electron chi connectivity index (χ3n) is 2.40. The van der Waals surface area contributed by atoms with Gasteiger partial charge in [0.15, 0.2) is 17.3 Å². The lowest BCUT2D eigenvalue weighted by Gasteiger charge is -2.20. The first kappa shape index (κ1) is 11.6. The molecule has 92 valence electrons. The number of nitrogen functional groups attached to an aromatic ring is 1. The van der Waals surface area contributed by atoms with E-state index in [-0.39, 0.29) is 0 Å². The van der Waals surface area contributed by atoms with E-state index >= 15 is 0 Å². The lowest BCUT2D eigenvalue weighted by atomic mass is 10.3. The minimum Gasteiger partial charge on any atom is -0.392 e. The number of rotatable bonds is 4. The largest absolute Gasteiger partial charge is 0.392 e. The maximum atomic E-state index is 9.40. The van der Waals surface area contributed by atoms with Crippen molar-refractivity contribution in [3.05, 3.63) is 18.6 Å². The van der Waals surface area contributed by atoms with Crippen molar-refractivity contribution in [2.45, 2.75) is 13.0 Å². The van der Waals surface area contributed by atoms with Gasteiger partial charge in [0.05, 0.1) is 12.3 Å². The summed E-state index contributed by atoms with van der Waals surface area (Å²) >= 11 is 0. The van der Waals surface area contributed by atoms with E-state index in [1.165, 1.54) is 0 Å². The van der Waals surface area contributed by atoms with E-state index in [0.29, 0.717) is 18.2 Å². The van der Waals surface area contributed by atoms with E-state index in [4.69, 9.17) is 5.84 Å². The number of hydrogen-bond acceptors (Lipinski definition) is 6. The first-order valence-corrected chi connectivity index (χ1v) is 5.31. The number of aliphatic hydroxyl groups is 1. The van der Waals surface area contributed by atoms with Gasteiger partial charge >= 0.3 is 0 Å². The van der Waals surface area contributed by atoms with Crippen molar-refractivity contribution in [2.75, 3.05) is 23.9 Å². The van der Waals surface area contributed by atoms with Crippen LogP contribution in [0.3, 0.4) is 0 Å². The summed E-state index contributed by atoms with van der Waals surface area (Å²) in [5, 5.41) is 9.40. The predicted octanol–water partition coefficient (Wildman–Crippen LogP) is -0.168. The normalized spacial score (nSPS) is 12.7. The molecular formula is C10H16N6O. The summed E-state index contributed by atoms with van der Waals surface area (Å²) in [6.07, 6.45) is 4.82. The zero-order chi connectivity index (χ0) is 12.4. The Balaban J connectivity index is 2.46. The summed E-state index contributed by atoms with van der Waals surface area (Å²) in [5.74, 6) is 6.58. The highest BCUT2D eigenvalue weighted by Gasteiger charge is 2.12. The molecule has 7 heteroatoms. The van der Waals surface area contributed by atoms with Crippen LogP contribution in [0.4, 0.5) is 11.6 Å². The number of imidazole rings is 1. The second kappa shape index (κ2) is 4.56. The van der Waals surface area contributed by atoms with E-state index < -0.39 is 6.10 Å². The van der Waals surface area contributed by atoms with Gasteiger partial charge in [0.2, 0.25) is 0 Å². The van der Waals surface area contributed by atoms with Gasteiger partial charge < -0.3 is 19.8 Å². The highest BCUT2D eigenvalue weighted by molar-refractivity contribution is 5.66. The van der Waals surface area contributed by atoms with Crippen molar-refractivity contribution in [1.29, 1.82) is 0 Å². The summed E-state index contributed by atoms with van der Waals surface area (Å²) in [6, 6.07) is 0. The molecule has 2 rings (SSSR count). The highest BCUT2D eigenvalue weighted by Crippen LogP contribution is 2.19. The van der Waals surface area contributed by atoms with Gasteiger partial charge in [0.1, 0.15) is 0 Å². The Morgan fingerprint density at radius 3 is 3.06 bits per heavy atom. The maximum absolute atomic E-state index is 9.40. The third-order valence-corrected chi connectivity index (χ3v) is 2.40. The van der Waals surface area contributed by atoms with Crippen LogP contribution in [-0.2, 0) is 0 Å². The molecule has 1 atom stereocenters. The number of fused-ring (bicyclic) bond motifs is 1. The van der Waals surface area contributed by atoms with Crippen molar-refractivity contribution < 1.29 is 5.11 Å². The topological polar surface area (TPSA) is 91.7 Å². The van der Waals surface area contributed by atoms with Crippen LogP contribution in [0, 0.1) is 0 Å². The van der Waals surface area contributed by atoms with Gasteiger partial charge in [0, 0.05) is 26.0 Å². The molecule has 0 spiro atoms. The number of nitrogens with zero attached hydrogens (tertiary/aromatic N) is 4. The molecule has 0 amide bonds. The molecule has 0 aliphatic heterocycles. The lowest BCUT2D eigenvalue weighted by Crippen LogP contribution is -2.28. The monoisotopic (exact) mass is 236 g/mol. The number of hydrazine groups is 1. The van der Waals surface area contributed by atoms with Crippen LogP contribution in [0.5, 0.6) is 0 Å². The zero-order valence-corrected chi connectivity index (χ0v) is 9.83. The molecule has 0 saturated heterocycles. The van der Waals surface area contributed by atoms with Crippen molar-refractivity contribution in [3.8, 4) is 0 Å². The standard InChI is InChI=1S/C10H16N6O/c1-7(17)5-15(2)10-9-12-3-4-16(9)6-8(13-10)14-11/h3-4,6-7,14,17H,5,11H2,1-2H3. The van der Waals surface area contributed by atoms with Gasteiger partial charge in [-0.3, -0.25) is 0 Å². The number of anilines is 2. The molecule has 2 heterocycles. The molecule has 0 bridgehead atoms. The van der Waals surface area contributed by atoms with Crippen LogP contribution in [0.15, 0.2) is 18.6 Å². The minimum absolute atomic E-state index is 0.439. The SMILES string of the molecule is CC(O)CN(C)c1nc(NN)cn2ccnc12. The Morgan fingerprint density at radius 1 is 1.65 bits per heavy atom. The van der Waals surface area contributed by atoms with Crippen molar-refractivity contribution in [2.24, 2.45) is 5.84 Å². The number of likely N-dealkylation sites (N-methyl/N-ethyl adjacent to an activating group) is 1. The molecule has 17 heavy (non-hydrogen) atoms. The van der Waals surface area contributed by atoms with E-state index in [0.717, 1.165) is 5.65 Å². The predicted molar refractivity (Wildman–Crippen MR) is 65.7 cm³/mol. The van der Waals surface area contributed by atoms with Crippen molar-refractivity contribution in [1.82, 2.24) is 14.4 Å². The summed E-state index contributed by atoms with van der Waals surface area (Å²) in [6.45, 7) is 2.20. The average Bonchev–Trinajstić information content (AvgIpc) is 2.74. The first-order chi connectivity index (χ1) is 8.11. The molecule has 0 saturated carbocycles. The van der Waals surface area contributed by atoms with Gasteiger partial charge in [-0.2, -0.15) is 0 Å². The second-order valence-electron chi connectivity index (χ2n) is 3.98. The van der Waals surface area contributed by atoms with Gasteiger partial charge in [0.25, 0.3) is 0 Å². The highest BCUT2D eigenvalue weighted by atomic mass is 16.3. The van der Waals surface area contributed by atoms with Crippen LogP contribution in [0.2, 0.25) is 0 Å². The fourth-order valence-electron chi connectivity index (χ4n) is 1.72. The van der Waals surface area contributed by atoms with E-state index in [1.807, 2.05) is 22.5 Å². The second-order valence-corrected chi connectivity index (χ2v) is 3.98. The fourth-order valence-corrected chi connectivity index (χ4v) is 1.72. The van der Waals surface area contributed by atoms with Crippen LogP contribution in [0.1, 0.15) is 6.92 Å². The van der Waals surface area contributed by atoms with E-state index in [9.17, 15) is 5.11 Å². The van der Waals surface area contributed by atoms with Gasteiger partial charge in [-0.25, -0.2) is 15.8 Å². The molecule has 0 aliphatic rings. The average molecular weight is 236 g/mol. The number of nitrogens with one attached hydrogen (secondary N) is 1. The molecule has 0 fully saturated rings. The molecule has 4 N–H and O–H groups in total. The van der Waals surface area contributed by atoms with Crippen LogP contribution < -0.4 is 16.2 Å². The molecule has 0 aliphatic carbocycles. The molecule has 7 nitrogen and oxygen atoms in total. The maximum Gasteiger partial charge on any atom is 0.180 e. The Labute approximate surface area is 98.9 Å². The van der Waals surface area contributed by atoms with Crippen LogP contribution in [-0.4, -0.2) is 39.2 Å². The Kier molecular flexibility index (Phi) is 3.12. The smallest absolute Gasteiger partial charge is 0.180 e. The Bertz CT molecular complexity index is 508. The minimum atomic E-state index is -0.439. The van der Waals surface area contributed by atoms with E-state index in [2.05, 4.69) is 15.4 Å². The first-order valence-electron chi connectivity index (χ1n) is 5.31. The number of nitrogens with two attached hydrogens (primary N) is 1. The summed E-state index contributed by atoms with van der Waals surface area (Å²) < 4.78 is 1.83. The molecule has 2 aromatic rings. The number of hydrogen-bond donors (Lipinski definition) is 3. The number of aliphatic hydroxyl groups excluding tert-OH is 1. The lowest BCUT2D eigenvalue weighted by molar-refractivity contribution is 0.201. The Morgan fingerprint density at radius 2 is 2.41 bits per heavy atom. The quantitative estimate of drug-likeness (QED) is 0.504. The molecule has 0 aromatic carbocycles. The zero-order valence-electron chi connectivity index (χ0n) is 9.83. The summed E-state index contributed by atoms with van der Waals surface area (Å²) in [7, 11) is 1.85. The number of aromatic nitrogens is 3. The van der Waals surface area contributed by atoms with E-state index in [1.54, 1.807) is 19.3 Å². The van der Waals surface area contributed by atoms with Gasteiger partial charge in [-0.1, -0.05) is 0 Å². The fraction of sp³-hybridized carbons (Fsp3) is 0.400. The van der Waals surface area contributed by atoms with Gasteiger partial charge in [-0.05, 0) is 6.92 Å². The van der Waals surface area contributed by atoms with Gasteiger partial charge in [-0.15, -0.1) is 0 Å². The molecular weight excluding hydrogens is 220 g/mol. The third kappa shape index (κ3) is 2.29. The molecule has 0 radical (unpaired) electrons. The molecule has 2 aromatic heterocycles. The molecule has 1 unspecified atom stereocenters. The Hall–Kier alpha value is -1.86. The van der Waals surface area contributed by atoms with Crippen molar-refractivity contribution >= 4 is 17.3 Å². The van der Waals surface area contributed by atoms with Crippen LogP contribution in [0.25, 0.3) is 5.65 Å². The summed E-state index contributed by atoms with van der Waals surface area (Å²) in [4.78, 5) is 10.4.